The van der Waals surface area contributed by atoms with Gasteiger partial charge in [0.1, 0.15) is 12.4 Å². The molecule has 6 nitrogen and oxygen atoms in total. The number of carboxylic acids is 1. The van der Waals surface area contributed by atoms with Crippen LogP contribution >= 0.6 is 11.8 Å². The molecule has 4 rings (SSSR count). The SMILES string of the molecule is O=C([O-])COc1cccc(/C=C2/SC(=Nc3ccccc3)N(C3CCCCC3)C2=O)c1. The first-order valence-corrected chi connectivity index (χ1v) is 11.2. The maximum absolute atomic E-state index is 13.3. The lowest BCUT2D eigenvalue weighted by molar-refractivity contribution is -0.307. The van der Waals surface area contributed by atoms with Crippen LogP contribution in [0.5, 0.6) is 5.75 Å². The smallest absolute Gasteiger partial charge is 0.267 e. The fraction of sp³-hybridized carbons (Fsp3) is 0.292. The van der Waals surface area contributed by atoms with Crippen molar-refractivity contribution in [2.75, 3.05) is 6.61 Å². The second-order valence-electron chi connectivity index (χ2n) is 7.54. The molecule has 2 aromatic carbocycles. The summed E-state index contributed by atoms with van der Waals surface area (Å²) in [5.74, 6) is -0.904. The summed E-state index contributed by atoms with van der Waals surface area (Å²) < 4.78 is 5.20. The average molecular weight is 436 g/mol. The minimum absolute atomic E-state index is 0.0346. The molecule has 1 saturated carbocycles. The van der Waals surface area contributed by atoms with Crippen LogP contribution in [0.1, 0.15) is 37.7 Å². The zero-order valence-electron chi connectivity index (χ0n) is 17.0. The number of rotatable bonds is 6. The van der Waals surface area contributed by atoms with Gasteiger partial charge in [-0.2, -0.15) is 0 Å². The number of amidine groups is 1. The molecule has 0 spiro atoms. The molecule has 2 aromatic rings. The number of thioether (sulfide) groups is 1. The van der Waals surface area contributed by atoms with E-state index in [0.717, 1.165) is 36.9 Å². The largest absolute Gasteiger partial charge is 0.546 e. The molecule has 1 amide bonds. The van der Waals surface area contributed by atoms with Crippen molar-refractivity contribution in [3.05, 3.63) is 65.1 Å². The fourth-order valence-corrected chi connectivity index (χ4v) is 4.89. The Hall–Kier alpha value is -3.06. The van der Waals surface area contributed by atoms with Crippen LogP contribution in [-0.2, 0) is 9.59 Å². The zero-order chi connectivity index (χ0) is 21.6. The van der Waals surface area contributed by atoms with E-state index in [1.54, 1.807) is 18.2 Å². The number of amides is 1. The van der Waals surface area contributed by atoms with E-state index < -0.39 is 12.6 Å². The molecule has 1 aliphatic heterocycles. The monoisotopic (exact) mass is 435 g/mol. The second-order valence-corrected chi connectivity index (χ2v) is 8.55. The molecule has 0 atom stereocenters. The van der Waals surface area contributed by atoms with Gasteiger partial charge in [-0.1, -0.05) is 49.6 Å². The molecule has 0 N–H and O–H groups in total. The summed E-state index contributed by atoms with van der Waals surface area (Å²) >= 11 is 1.38. The molecule has 2 fully saturated rings. The first-order valence-electron chi connectivity index (χ1n) is 10.4. The summed E-state index contributed by atoms with van der Waals surface area (Å²) in [6, 6.07) is 16.8. The Kier molecular flexibility index (Phi) is 6.72. The predicted octanol–water partition coefficient (Wildman–Crippen LogP) is 3.75. The fourth-order valence-electron chi connectivity index (χ4n) is 3.83. The molecule has 0 aromatic heterocycles. The molecule has 160 valence electrons. The van der Waals surface area contributed by atoms with Crippen LogP contribution in [0.4, 0.5) is 5.69 Å². The Morgan fingerprint density at radius 1 is 1.13 bits per heavy atom. The van der Waals surface area contributed by atoms with Crippen molar-refractivity contribution >= 4 is 40.6 Å². The highest BCUT2D eigenvalue weighted by atomic mass is 32.2. The number of benzene rings is 2. The molecule has 0 bridgehead atoms. The van der Waals surface area contributed by atoms with E-state index in [2.05, 4.69) is 0 Å². The molecule has 1 heterocycles. The van der Waals surface area contributed by atoms with Gasteiger partial charge in [0.2, 0.25) is 0 Å². The number of nitrogens with zero attached hydrogens (tertiary/aromatic N) is 2. The number of carboxylic acid groups (broad SMARTS) is 1. The summed E-state index contributed by atoms with van der Waals surface area (Å²) in [6.45, 7) is -0.517. The summed E-state index contributed by atoms with van der Waals surface area (Å²) in [7, 11) is 0. The van der Waals surface area contributed by atoms with E-state index in [1.165, 1.54) is 18.2 Å². The Labute approximate surface area is 185 Å². The van der Waals surface area contributed by atoms with Gasteiger partial charge in [-0.3, -0.25) is 9.69 Å². The number of aliphatic imine (C=N–C) groups is 1. The third kappa shape index (κ3) is 5.35. The standard InChI is InChI=1S/C24H24N2O4S/c27-22(28)16-30-20-13-7-8-17(14-20)15-21-23(29)26(19-11-5-2-6-12-19)24(31-21)25-18-9-3-1-4-10-18/h1,3-4,7-10,13-15,19H,2,5-6,11-12,16H2,(H,27,28)/p-1/b21-15+,25-24?. The van der Waals surface area contributed by atoms with Gasteiger partial charge in [-0.25, -0.2) is 4.99 Å². The van der Waals surface area contributed by atoms with Gasteiger partial charge >= 0.3 is 0 Å². The van der Waals surface area contributed by atoms with Crippen molar-refractivity contribution < 1.29 is 19.4 Å². The van der Waals surface area contributed by atoms with Gasteiger partial charge in [-0.15, -0.1) is 0 Å². The molecular formula is C24H23N2O4S-. The number of hydrogen-bond acceptors (Lipinski definition) is 6. The van der Waals surface area contributed by atoms with E-state index in [4.69, 9.17) is 9.73 Å². The number of ether oxygens (including phenoxy) is 1. The van der Waals surface area contributed by atoms with E-state index in [1.807, 2.05) is 47.4 Å². The van der Waals surface area contributed by atoms with Crippen LogP contribution in [-0.4, -0.2) is 34.6 Å². The molecule has 0 unspecified atom stereocenters. The topological polar surface area (TPSA) is 82.0 Å². The Balaban J connectivity index is 1.63. The van der Waals surface area contributed by atoms with Crippen molar-refractivity contribution in [2.24, 2.45) is 4.99 Å². The summed E-state index contributed by atoms with van der Waals surface area (Å²) in [4.78, 5) is 31.2. The van der Waals surface area contributed by atoms with Crippen molar-refractivity contribution in [1.29, 1.82) is 0 Å². The van der Waals surface area contributed by atoms with E-state index in [-0.39, 0.29) is 11.9 Å². The van der Waals surface area contributed by atoms with Crippen molar-refractivity contribution in [1.82, 2.24) is 4.90 Å². The maximum Gasteiger partial charge on any atom is 0.267 e. The van der Waals surface area contributed by atoms with Crippen LogP contribution < -0.4 is 9.84 Å². The molecule has 7 heteroatoms. The highest BCUT2D eigenvalue weighted by Gasteiger charge is 2.38. The molecule has 1 saturated heterocycles. The van der Waals surface area contributed by atoms with E-state index in [9.17, 15) is 14.7 Å². The molecule has 31 heavy (non-hydrogen) atoms. The van der Waals surface area contributed by atoms with Crippen molar-refractivity contribution in [2.45, 2.75) is 38.1 Å². The number of aliphatic carboxylic acids is 1. The minimum Gasteiger partial charge on any atom is -0.546 e. The van der Waals surface area contributed by atoms with Crippen LogP contribution in [0, 0.1) is 0 Å². The van der Waals surface area contributed by atoms with Gasteiger partial charge < -0.3 is 14.6 Å². The third-order valence-electron chi connectivity index (χ3n) is 5.27. The average Bonchev–Trinajstić information content (AvgIpc) is 3.08. The number of hydrogen-bond donors (Lipinski definition) is 0. The van der Waals surface area contributed by atoms with Gasteiger partial charge in [0.25, 0.3) is 5.91 Å². The summed E-state index contributed by atoms with van der Waals surface area (Å²) in [5.41, 5.74) is 1.58. The molecule has 0 radical (unpaired) electrons. The van der Waals surface area contributed by atoms with Crippen LogP contribution in [0.15, 0.2) is 64.5 Å². The zero-order valence-corrected chi connectivity index (χ0v) is 17.8. The lowest BCUT2D eigenvalue weighted by atomic mass is 9.94. The summed E-state index contributed by atoms with van der Waals surface area (Å²) in [6.07, 6.45) is 7.23. The van der Waals surface area contributed by atoms with Crippen LogP contribution in [0.25, 0.3) is 6.08 Å². The lowest BCUT2D eigenvalue weighted by Gasteiger charge is -2.30. The van der Waals surface area contributed by atoms with E-state index >= 15 is 0 Å². The molecular weight excluding hydrogens is 412 g/mol. The number of carbonyl (C=O) groups is 2. The van der Waals surface area contributed by atoms with Crippen molar-refractivity contribution in [3.63, 3.8) is 0 Å². The third-order valence-corrected chi connectivity index (χ3v) is 6.25. The Bertz CT molecular complexity index is 1010. The highest BCUT2D eigenvalue weighted by Crippen LogP contribution is 2.38. The maximum atomic E-state index is 13.3. The van der Waals surface area contributed by atoms with Crippen LogP contribution in [0.2, 0.25) is 0 Å². The lowest BCUT2D eigenvalue weighted by Crippen LogP contribution is -2.40. The van der Waals surface area contributed by atoms with Gasteiger partial charge in [-0.05, 0) is 60.5 Å². The normalized spacial score (nSPS) is 19.9. The molecule has 2 aliphatic rings. The van der Waals surface area contributed by atoms with Gasteiger partial charge in [0.15, 0.2) is 5.17 Å². The van der Waals surface area contributed by atoms with Crippen LogP contribution in [0.3, 0.4) is 0 Å². The predicted molar refractivity (Wildman–Crippen MR) is 120 cm³/mol. The van der Waals surface area contributed by atoms with Gasteiger partial charge in [0, 0.05) is 6.04 Å². The van der Waals surface area contributed by atoms with E-state index in [0.29, 0.717) is 15.8 Å². The number of para-hydroxylation sites is 1. The minimum atomic E-state index is -1.28. The van der Waals surface area contributed by atoms with Crippen molar-refractivity contribution in [3.8, 4) is 5.75 Å². The Morgan fingerprint density at radius 2 is 1.90 bits per heavy atom. The quantitative estimate of drug-likeness (QED) is 0.646. The van der Waals surface area contributed by atoms with Gasteiger partial charge in [0.05, 0.1) is 16.6 Å². The first kappa shape index (κ1) is 21.2. The molecule has 1 aliphatic carbocycles. The summed E-state index contributed by atoms with van der Waals surface area (Å²) in [5, 5.41) is 11.3. The Morgan fingerprint density at radius 3 is 2.65 bits per heavy atom. The number of carbonyl (C=O) groups excluding carboxylic acids is 2. The highest BCUT2D eigenvalue weighted by molar-refractivity contribution is 8.18. The second kappa shape index (κ2) is 9.83. The first-order chi connectivity index (χ1) is 15.1.